The number of benzene rings is 2. The number of allylic oxidation sites excluding steroid dienone is 2. The van der Waals surface area contributed by atoms with Gasteiger partial charge >= 0.3 is 55.8 Å². The second kappa shape index (κ2) is 52.9. The number of hydrogen-bond acceptors (Lipinski definition) is 0. The van der Waals surface area contributed by atoms with Crippen molar-refractivity contribution in [3.05, 3.63) is 96.1 Å². The van der Waals surface area contributed by atoms with Crippen molar-refractivity contribution in [3.63, 3.8) is 0 Å². The van der Waals surface area contributed by atoms with E-state index in [1.807, 2.05) is 72.8 Å². The standard InChI is InChI=1S/C16H12.4C6H15P.2BrH.2Ni/c1-3-9-15(10-4-1)13-7-8-14-16-11-5-2-6-12-16;4*1-4-7(5-2)6-3;;;;/h1-12H;4*4-6H2,1-3H3;2*1H;;/q-2;;;;;;;2*+1/p-2. The first-order valence-corrected chi connectivity index (χ1v) is 30.2. The summed E-state index contributed by atoms with van der Waals surface area (Å²) < 4.78 is 0. The van der Waals surface area contributed by atoms with Gasteiger partial charge in [0.1, 0.15) is 0 Å². The molecule has 0 bridgehead atoms. The summed E-state index contributed by atoms with van der Waals surface area (Å²) in [5, 5.41) is 0. The molecule has 0 radical (unpaired) electrons. The molecule has 0 saturated heterocycles. The Bertz CT molecular complexity index is 725. The average molecular weight is 954 g/mol. The Morgan fingerprint density at radius 2 is 0.542 bits per heavy atom. The van der Waals surface area contributed by atoms with Crippen molar-refractivity contribution < 1.29 is 27.4 Å². The molecule has 0 amide bonds. The zero-order valence-corrected chi connectivity index (χ0v) is 41.3. The molecule has 0 N–H and O–H groups in total. The van der Waals surface area contributed by atoms with E-state index in [2.05, 4.69) is 151 Å². The molecule has 0 aliphatic carbocycles. The van der Waals surface area contributed by atoms with Crippen LogP contribution in [0.1, 0.15) is 94.2 Å². The summed E-state index contributed by atoms with van der Waals surface area (Å²) in [5.74, 6) is 0. The number of hydrogen-bond donors (Lipinski definition) is 0. The van der Waals surface area contributed by atoms with Gasteiger partial charge < -0.3 is 0 Å². The molecular formula is C40H72Br2Ni2P4-2. The molecular weight excluding hydrogens is 882 g/mol. The van der Waals surface area contributed by atoms with Crippen LogP contribution in [0.3, 0.4) is 0 Å². The van der Waals surface area contributed by atoms with Crippen molar-refractivity contribution in [3.8, 4) is 0 Å². The van der Waals surface area contributed by atoms with E-state index in [-0.39, 0.29) is 0 Å². The van der Waals surface area contributed by atoms with Crippen molar-refractivity contribution >= 4 is 60.1 Å². The molecule has 2 aromatic carbocycles. The van der Waals surface area contributed by atoms with E-state index < -0.39 is 0 Å². The molecule has 0 spiro atoms. The van der Waals surface area contributed by atoms with Gasteiger partial charge in [-0.3, -0.25) is 0 Å². The fraction of sp³-hybridized carbons (Fsp3) is 0.600. The van der Waals surface area contributed by atoms with Gasteiger partial charge in [-0.05, 0) is 73.9 Å². The van der Waals surface area contributed by atoms with E-state index in [4.69, 9.17) is 0 Å². The van der Waals surface area contributed by atoms with Crippen LogP contribution in [-0.4, -0.2) is 73.9 Å². The summed E-state index contributed by atoms with van der Waals surface area (Å²) in [6.45, 7) is 27.5. The molecule has 0 fully saturated rings. The molecule has 0 aliphatic heterocycles. The van der Waals surface area contributed by atoms with E-state index >= 15 is 0 Å². The van der Waals surface area contributed by atoms with E-state index in [1.54, 1.807) is 0 Å². The molecule has 48 heavy (non-hydrogen) atoms. The summed E-state index contributed by atoms with van der Waals surface area (Å²) in [5.41, 5.74) is 2.15. The third kappa shape index (κ3) is 43.7. The normalized spacial score (nSPS) is 10.0. The fourth-order valence-corrected chi connectivity index (χ4v) is 9.39. The second-order valence-electron chi connectivity index (χ2n) is 9.83. The molecule has 0 unspecified atom stereocenters. The van der Waals surface area contributed by atoms with Crippen LogP contribution >= 0.6 is 60.1 Å². The minimum absolute atomic E-state index is 0.446. The van der Waals surface area contributed by atoms with Crippen LogP contribution in [-0.2, 0) is 27.4 Å². The van der Waals surface area contributed by atoms with Gasteiger partial charge in [0.25, 0.3) is 0 Å². The van der Waals surface area contributed by atoms with Crippen LogP contribution < -0.4 is 0 Å². The summed E-state index contributed by atoms with van der Waals surface area (Å²) in [4.78, 5) is 0. The van der Waals surface area contributed by atoms with Crippen molar-refractivity contribution in [2.45, 2.75) is 83.1 Å². The van der Waals surface area contributed by atoms with E-state index in [0.717, 1.165) is 11.1 Å². The number of rotatable bonds is 15. The van der Waals surface area contributed by atoms with E-state index in [0.29, 0.717) is 31.7 Å². The molecule has 0 nitrogen and oxygen atoms in total. The van der Waals surface area contributed by atoms with Crippen molar-refractivity contribution in [2.24, 2.45) is 0 Å². The van der Waals surface area contributed by atoms with Gasteiger partial charge in [-0.1, -0.05) is 95.2 Å². The zero-order chi connectivity index (χ0) is 37.8. The third-order valence-corrected chi connectivity index (χ3v) is 18.2. The molecule has 0 aromatic heterocycles. The molecule has 0 aliphatic rings. The maximum absolute atomic E-state index is 3.69. The topological polar surface area (TPSA) is 0 Å². The molecule has 0 heterocycles. The predicted molar refractivity (Wildman–Crippen MR) is 239 cm³/mol. The Labute approximate surface area is 337 Å². The van der Waals surface area contributed by atoms with Gasteiger partial charge in [0, 0.05) is 0 Å². The van der Waals surface area contributed by atoms with Gasteiger partial charge in [-0.15, -0.1) is 80.2 Å². The molecule has 0 atom stereocenters. The minimum atomic E-state index is 0.446. The van der Waals surface area contributed by atoms with Crippen molar-refractivity contribution in [1.82, 2.24) is 0 Å². The van der Waals surface area contributed by atoms with Gasteiger partial charge in [0.2, 0.25) is 0 Å². The Hall–Kier alpha value is 1.59. The Kier molecular flexibility index (Phi) is 64.9. The maximum atomic E-state index is 3.69. The Balaban J connectivity index is -0.000000166. The van der Waals surface area contributed by atoms with E-state index in [9.17, 15) is 0 Å². The monoisotopic (exact) mass is 950 g/mol. The predicted octanol–water partition coefficient (Wildman–Crippen LogP) is 15.6. The molecule has 0 saturated carbocycles. The van der Waals surface area contributed by atoms with Gasteiger partial charge in [-0.2, -0.15) is 23.3 Å². The first-order chi connectivity index (χ1) is 23.3. The van der Waals surface area contributed by atoms with Crippen molar-refractivity contribution in [1.29, 1.82) is 0 Å². The van der Waals surface area contributed by atoms with Crippen molar-refractivity contribution in [2.75, 3.05) is 73.9 Å². The van der Waals surface area contributed by atoms with E-state index in [1.165, 1.54) is 73.9 Å². The van der Waals surface area contributed by atoms with Crippen LogP contribution in [0.5, 0.6) is 0 Å². The zero-order valence-electron chi connectivity index (χ0n) is 32.6. The summed E-state index contributed by atoms with van der Waals surface area (Å²) >= 11 is 12.5. The van der Waals surface area contributed by atoms with Gasteiger partial charge in [-0.25, -0.2) is 12.2 Å². The first kappa shape index (κ1) is 58.9. The summed E-state index contributed by atoms with van der Waals surface area (Å²) in [6.07, 6.45) is 27.1. The second-order valence-corrected chi connectivity index (χ2v) is 22.8. The molecule has 8 heteroatoms. The SMILES string of the molecule is CCP(CC)CC.CCP(CC)CC.CCP(CC)CC.CCP(CC)CC.[C-](=CC=[C-]c1ccccc1)c1ccccc1.[Ni][Br].[Ni][Br]. The van der Waals surface area contributed by atoms with Crippen LogP contribution in [0.25, 0.3) is 0 Å². The average Bonchev–Trinajstić information content (AvgIpc) is 3.17. The Morgan fingerprint density at radius 1 is 0.375 bits per heavy atom. The fourth-order valence-electron chi connectivity index (χ4n) is 4.03. The van der Waals surface area contributed by atoms with Crippen LogP contribution in [0.15, 0.2) is 72.8 Å². The molecule has 2 rings (SSSR count). The van der Waals surface area contributed by atoms with Crippen LogP contribution in [0, 0.1) is 12.2 Å². The van der Waals surface area contributed by atoms with Gasteiger partial charge in [0.05, 0.1) is 0 Å². The Morgan fingerprint density at radius 3 is 0.667 bits per heavy atom. The molecule has 288 valence electrons. The molecule has 2 aromatic rings. The quantitative estimate of drug-likeness (QED) is 0.0722. The summed E-state index contributed by atoms with van der Waals surface area (Å²) in [7, 11) is 1.78. The van der Waals surface area contributed by atoms with Gasteiger partial charge in [0.15, 0.2) is 0 Å². The van der Waals surface area contributed by atoms with Crippen LogP contribution in [0.2, 0.25) is 0 Å². The summed E-state index contributed by atoms with van der Waals surface area (Å²) in [6, 6.07) is 20.1. The number of halogens is 2. The third-order valence-electron chi connectivity index (χ3n) is 7.50. The van der Waals surface area contributed by atoms with Crippen LogP contribution in [0.4, 0.5) is 0 Å². The first-order valence-electron chi connectivity index (χ1n) is 17.8.